The summed E-state index contributed by atoms with van der Waals surface area (Å²) in [6, 6.07) is 13.8. The van der Waals surface area contributed by atoms with E-state index in [1.165, 1.54) is 12.1 Å². The lowest BCUT2D eigenvalue weighted by molar-refractivity contribution is -0.115. The molecule has 1 amide bonds. The van der Waals surface area contributed by atoms with Crippen LogP contribution in [0, 0.1) is 6.92 Å². The number of carbonyl (C=O) groups is 1. The van der Waals surface area contributed by atoms with Gasteiger partial charge in [-0.05, 0) is 42.3 Å². The average Bonchev–Trinajstić information content (AvgIpc) is 2.47. The normalized spacial score (nSPS) is 11.2. The molecule has 0 fully saturated rings. The first-order chi connectivity index (χ1) is 10.8. The maximum Gasteiger partial charge on any atom is 0.238 e. The highest BCUT2D eigenvalue weighted by Crippen LogP contribution is 2.10. The van der Waals surface area contributed by atoms with E-state index in [2.05, 4.69) is 10.6 Å². The van der Waals surface area contributed by atoms with E-state index < -0.39 is 10.0 Å². The van der Waals surface area contributed by atoms with Gasteiger partial charge in [-0.15, -0.1) is 0 Å². The third-order valence-corrected chi connectivity index (χ3v) is 4.10. The first kappa shape index (κ1) is 17.1. The van der Waals surface area contributed by atoms with E-state index in [1.54, 1.807) is 12.1 Å². The highest BCUT2D eigenvalue weighted by molar-refractivity contribution is 7.89. The molecule has 7 heteroatoms. The van der Waals surface area contributed by atoms with Crippen LogP contribution >= 0.6 is 0 Å². The monoisotopic (exact) mass is 333 g/mol. The number of anilines is 1. The SMILES string of the molecule is Cc1cccc(NC(=O)CNCc2ccc(S(N)(=O)=O)cc2)c1. The Bertz CT molecular complexity index is 786. The van der Waals surface area contributed by atoms with Crippen LogP contribution < -0.4 is 15.8 Å². The van der Waals surface area contributed by atoms with Gasteiger partial charge in [0.2, 0.25) is 15.9 Å². The summed E-state index contributed by atoms with van der Waals surface area (Å²) in [6.07, 6.45) is 0. The maximum absolute atomic E-state index is 11.8. The molecule has 2 aromatic carbocycles. The fraction of sp³-hybridized carbons (Fsp3) is 0.188. The molecule has 0 bridgehead atoms. The number of carbonyl (C=O) groups excluding carboxylic acids is 1. The summed E-state index contributed by atoms with van der Waals surface area (Å²) in [7, 11) is -3.68. The van der Waals surface area contributed by atoms with Crippen LogP contribution in [0.3, 0.4) is 0 Å². The highest BCUT2D eigenvalue weighted by atomic mass is 32.2. The van der Waals surface area contributed by atoms with Crippen molar-refractivity contribution in [3.05, 3.63) is 59.7 Å². The Morgan fingerprint density at radius 3 is 2.43 bits per heavy atom. The second-order valence-corrected chi connectivity index (χ2v) is 6.77. The number of primary sulfonamides is 1. The van der Waals surface area contributed by atoms with Gasteiger partial charge < -0.3 is 10.6 Å². The van der Waals surface area contributed by atoms with Crippen LogP contribution in [0.4, 0.5) is 5.69 Å². The highest BCUT2D eigenvalue weighted by Gasteiger charge is 2.07. The molecule has 0 aliphatic rings. The first-order valence-corrected chi connectivity index (χ1v) is 8.58. The number of hydrogen-bond acceptors (Lipinski definition) is 4. The summed E-state index contributed by atoms with van der Waals surface area (Å²) >= 11 is 0. The summed E-state index contributed by atoms with van der Waals surface area (Å²) in [5.74, 6) is -0.142. The molecular formula is C16H19N3O3S. The van der Waals surface area contributed by atoms with E-state index in [-0.39, 0.29) is 17.3 Å². The summed E-state index contributed by atoms with van der Waals surface area (Å²) in [6.45, 7) is 2.57. The van der Waals surface area contributed by atoms with Crippen molar-refractivity contribution in [1.82, 2.24) is 5.32 Å². The number of amides is 1. The fourth-order valence-corrected chi connectivity index (χ4v) is 2.56. The molecule has 2 rings (SSSR count). The molecule has 0 spiro atoms. The van der Waals surface area contributed by atoms with Gasteiger partial charge in [-0.1, -0.05) is 24.3 Å². The van der Waals surface area contributed by atoms with Crippen molar-refractivity contribution in [3.63, 3.8) is 0 Å². The van der Waals surface area contributed by atoms with Crippen LogP contribution in [0.25, 0.3) is 0 Å². The molecule has 0 saturated heterocycles. The van der Waals surface area contributed by atoms with Gasteiger partial charge >= 0.3 is 0 Å². The van der Waals surface area contributed by atoms with E-state index in [1.807, 2.05) is 31.2 Å². The molecule has 0 aliphatic carbocycles. The molecule has 0 saturated carbocycles. The Kier molecular flexibility index (Phi) is 5.49. The predicted octanol–water partition coefficient (Wildman–Crippen LogP) is 1.37. The van der Waals surface area contributed by atoms with Gasteiger partial charge in [0.25, 0.3) is 0 Å². The van der Waals surface area contributed by atoms with Crippen molar-refractivity contribution < 1.29 is 13.2 Å². The van der Waals surface area contributed by atoms with Crippen LogP contribution in [0.2, 0.25) is 0 Å². The largest absolute Gasteiger partial charge is 0.325 e. The predicted molar refractivity (Wildman–Crippen MR) is 89.3 cm³/mol. The zero-order valence-corrected chi connectivity index (χ0v) is 13.6. The van der Waals surface area contributed by atoms with Crippen LogP contribution in [-0.2, 0) is 21.4 Å². The quantitative estimate of drug-likeness (QED) is 0.743. The summed E-state index contributed by atoms with van der Waals surface area (Å²) < 4.78 is 22.3. The number of hydrogen-bond donors (Lipinski definition) is 3. The first-order valence-electron chi connectivity index (χ1n) is 7.03. The Labute approximate surface area is 135 Å². The number of nitrogens with two attached hydrogens (primary N) is 1. The van der Waals surface area contributed by atoms with Crippen LogP contribution in [0.5, 0.6) is 0 Å². The summed E-state index contributed by atoms with van der Waals surface area (Å²) in [5, 5.41) is 10.8. The number of benzene rings is 2. The minimum atomic E-state index is -3.68. The molecule has 0 aliphatic heterocycles. The topological polar surface area (TPSA) is 101 Å². The molecule has 0 atom stereocenters. The smallest absolute Gasteiger partial charge is 0.238 e. The number of aryl methyl sites for hydroxylation is 1. The fourth-order valence-electron chi connectivity index (χ4n) is 2.05. The van der Waals surface area contributed by atoms with Crippen molar-refractivity contribution >= 4 is 21.6 Å². The third kappa shape index (κ3) is 5.48. The minimum Gasteiger partial charge on any atom is -0.325 e. The van der Waals surface area contributed by atoms with Crippen molar-refractivity contribution in [2.45, 2.75) is 18.4 Å². The average molecular weight is 333 g/mol. The Morgan fingerprint density at radius 2 is 1.83 bits per heavy atom. The number of rotatable bonds is 6. The zero-order chi connectivity index (χ0) is 16.9. The standard InChI is InChI=1S/C16H19N3O3S/c1-12-3-2-4-14(9-12)19-16(20)11-18-10-13-5-7-15(8-6-13)23(17,21)22/h2-9,18H,10-11H2,1H3,(H,19,20)(H2,17,21,22). The molecular weight excluding hydrogens is 314 g/mol. The van der Waals surface area contributed by atoms with Gasteiger partial charge in [0.05, 0.1) is 11.4 Å². The number of nitrogens with one attached hydrogen (secondary N) is 2. The molecule has 0 heterocycles. The maximum atomic E-state index is 11.8. The van der Waals surface area contributed by atoms with Crippen LogP contribution in [-0.4, -0.2) is 20.9 Å². The van der Waals surface area contributed by atoms with Crippen molar-refractivity contribution in [3.8, 4) is 0 Å². The number of sulfonamides is 1. The minimum absolute atomic E-state index is 0.0680. The van der Waals surface area contributed by atoms with E-state index in [0.717, 1.165) is 16.8 Å². The van der Waals surface area contributed by atoms with E-state index >= 15 is 0 Å². The van der Waals surface area contributed by atoms with Gasteiger partial charge in [-0.3, -0.25) is 4.79 Å². The lowest BCUT2D eigenvalue weighted by Gasteiger charge is -2.08. The Hall–Kier alpha value is -2.22. The zero-order valence-electron chi connectivity index (χ0n) is 12.7. The van der Waals surface area contributed by atoms with Gasteiger partial charge in [-0.2, -0.15) is 0 Å². The molecule has 6 nitrogen and oxygen atoms in total. The molecule has 122 valence electrons. The van der Waals surface area contributed by atoms with Gasteiger partial charge in [0, 0.05) is 12.2 Å². The van der Waals surface area contributed by atoms with Gasteiger partial charge in [0.1, 0.15) is 0 Å². The lowest BCUT2D eigenvalue weighted by atomic mass is 10.2. The molecule has 2 aromatic rings. The Morgan fingerprint density at radius 1 is 1.13 bits per heavy atom. The molecule has 23 heavy (non-hydrogen) atoms. The van der Waals surface area contributed by atoms with E-state index in [0.29, 0.717) is 6.54 Å². The Balaban J connectivity index is 1.81. The van der Waals surface area contributed by atoms with Crippen molar-refractivity contribution in [2.75, 3.05) is 11.9 Å². The molecule has 0 aromatic heterocycles. The third-order valence-electron chi connectivity index (χ3n) is 3.17. The van der Waals surface area contributed by atoms with Crippen LogP contribution in [0.15, 0.2) is 53.4 Å². The van der Waals surface area contributed by atoms with Gasteiger partial charge in [-0.25, -0.2) is 13.6 Å². The van der Waals surface area contributed by atoms with Crippen molar-refractivity contribution in [2.24, 2.45) is 5.14 Å². The summed E-state index contributed by atoms with van der Waals surface area (Å²) in [4.78, 5) is 11.9. The molecule has 0 radical (unpaired) electrons. The van der Waals surface area contributed by atoms with Gasteiger partial charge in [0.15, 0.2) is 0 Å². The van der Waals surface area contributed by atoms with E-state index in [4.69, 9.17) is 5.14 Å². The summed E-state index contributed by atoms with van der Waals surface area (Å²) in [5.41, 5.74) is 2.70. The second kappa shape index (κ2) is 7.36. The van der Waals surface area contributed by atoms with Crippen LogP contribution in [0.1, 0.15) is 11.1 Å². The van der Waals surface area contributed by atoms with E-state index in [9.17, 15) is 13.2 Å². The lowest BCUT2D eigenvalue weighted by Crippen LogP contribution is -2.27. The molecule has 0 unspecified atom stereocenters. The second-order valence-electron chi connectivity index (χ2n) is 5.21. The molecule has 4 N–H and O–H groups in total. The van der Waals surface area contributed by atoms with Crippen molar-refractivity contribution in [1.29, 1.82) is 0 Å².